The molecule has 0 aromatic heterocycles. The van der Waals surface area contributed by atoms with Crippen LogP contribution in [0.1, 0.15) is 349 Å². The number of hydrogen-bond acceptors (Lipinski definition) is 15. The zero-order chi connectivity index (χ0) is 71.8. The molecule has 0 aliphatic heterocycles. The first-order chi connectivity index (χ1) is 47.7. The summed E-state index contributed by atoms with van der Waals surface area (Å²) in [6, 6.07) is 0. The molecule has 0 saturated heterocycles. The summed E-state index contributed by atoms with van der Waals surface area (Å²) in [6.07, 6.45) is 71.8. The molecular formula is C79H142O17P2. The van der Waals surface area contributed by atoms with Crippen LogP contribution in [0.4, 0.5) is 0 Å². The van der Waals surface area contributed by atoms with Gasteiger partial charge in [0.15, 0.2) is 12.2 Å². The summed E-state index contributed by atoms with van der Waals surface area (Å²) in [5, 5.41) is 10.6. The second-order valence-corrected chi connectivity index (χ2v) is 29.2. The molecule has 17 nitrogen and oxygen atoms in total. The van der Waals surface area contributed by atoms with Gasteiger partial charge in [-0.1, -0.05) is 306 Å². The molecule has 0 fully saturated rings. The first-order valence-electron chi connectivity index (χ1n) is 39.2. The zero-order valence-corrected chi connectivity index (χ0v) is 64.0. The lowest BCUT2D eigenvalue weighted by molar-refractivity contribution is -0.161. The quantitative estimate of drug-likeness (QED) is 0.0169. The fraction of sp³-hybridized carbons (Fsp3) is 0.797. The molecule has 0 rings (SSSR count). The smallest absolute Gasteiger partial charge is 0.462 e. The van der Waals surface area contributed by atoms with Crippen molar-refractivity contribution in [1.29, 1.82) is 0 Å². The van der Waals surface area contributed by atoms with E-state index in [1.54, 1.807) is 0 Å². The SMILES string of the molecule is CC/C=C\C/C=C\C/C=C\C/C=C\C/C=C\CCCCCC(=O)OCC(COP(=O)(O)OCC(O)COP(=O)(O)OCC(COC(=O)CCCCCCCCCCCCCCCCC)OC(=O)CCCCCCC/C=C\CCCC)OC(=O)CCCCCCCCCCCCCCC. The lowest BCUT2D eigenvalue weighted by Crippen LogP contribution is -2.30. The van der Waals surface area contributed by atoms with Gasteiger partial charge in [-0.2, -0.15) is 0 Å². The van der Waals surface area contributed by atoms with Crippen LogP contribution in [0.3, 0.4) is 0 Å². The van der Waals surface area contributed by atoms with Gasteiger partial charge in [0, 0.05) is 25.7 Å². The lowest BCUT2D eigenvalue weighted by atomic mass is 10.0. The largest absolute Gasteiger partial charge is 0.472 e. The van der Waals surface area contributed by atoms with Gasteiger partial charge >= 0.3 is 39.5 Å². The van der Waals surface area contributed by atoms with Gasteiger partial charge in [-0.15, -0.1) is 0 Å². The fourth-order valence-corrected chi connectivity index (χ4v) is 12.3. The summed E-state index contributed by atoms with van der Waals surface area (Å²) < 4.78 is 68.5. The van der Waals surface area contributed by atoms with E-state index in [0.717, 1.165) is 135 Å². The van der Waals surface area contributed by atoms with Crippen molar-refractivity contribution in [1.82, 2.24) is 0 Å². The van der Waals surface area contributed by atoms with E-state index in [1.165, 1.54) is 135 Å². The highest BCUT2D eigenvalue weighted by Gasteiger charge is 2.30. The predicted octanol–water partition coefficient (Wildman–Crippen LogP) is 22.4. The van der Waals surface area contributed by atoms with Crippen LogP contribution in [0.15, 0.2) is 72.9 Å². The van der Waals surface area contributed by atoms with Crippen molar-refractivity contribution in [2.75, 3.05) is 39.6 Å². The topological polar surface area (TPSA) is 237 Å². The standard InChI is InChI=1S/C79H142O17P2/c1-5-9-13-17-21-25-29-32-34-35-36-37-39-42-45-48-52-56-60-64-77(82)90-70-75(96-79(84)66-62-58-54-50-46-40-31-27-23-19-15-11-7-3)72-94-98(87,88)92-68-73(80)67-91-97(85,86)93-71-74(95-78(83)65-61-57-53-49-43-28-24-20-16-12-8-4)69-89-76(81)63-59-55-51-47-44-41-38-33-30-26-22-18-14-10-6-2/h9,13,20-21,24-25,32,34,36-37,42,45,73-75,80H,5-8,10-12,14-19,22-23,26-31,33,35,38-41,43-44,46-72H2,1-4H3,(H,85,86)(H,87,88)/b13-9-,24-20-,25-21-,34-32-,37-36-,45-42-. The van der Waals surface area contributed by atoms with Crippen LogP contribution in [-0.2, 0) is 65.4 Å². The van der Waals surface area contributed by atoms with E-state index < -0.39 is 97.5 Å². The Kier molecular flexibility index (Phi) is 69.3. The van der Waals surface area contributed by atoms with Gasteiger partial charge in [0.1, 0.15) is 19.3 Å². The Balaban J connectivity index is 5.31. The molecule has 5 atom stereocenters. The minimum Gasteiger partial charge on any atom is -0.462 e. The van der Waals surface area contributed by atoms with E-state index in [1.807, 2.05) is 0 Å². The molecule has 0 amide bonds. The van der Waals surface area contributed by atoms with Gasteiger partial charge in [-0.05, 0) is 89.9 Å². The average Bonchev–Trinajstić information content (AvgIpc) is 0.972. The molecule has 19 heteroatoms. The normalized spacial score (nSPS) is 14.3. The highest BCUT2D eigenvalue weighted by atomic mass is 31.2. The first-order valence-corrected chi connectivity index (χ1v) is 42.2. The van der Waals surface area contributed by atoms with E-state index in [-0.39, 0.29) is 25.7 Å². The molecule has 0 spiro atoms. The molecule has 3 N–H and O–H groups in total. The van der Waals surface area contributed by atoms with E-state index in [4.69, 9.17) is 37.0 Å². The number of esters is 4. The van der Waals surface area contributed by atoms with Crippen molar-refractivity contribution in [3.05, 3.63) is 72.9 Å². The summed E-state index contributed by atoms with van der Waals surface area (Å²) in [5.41, 5.74) is 0. The van der Waals surface area contributed by atoms with Crippen molar-refractivity contribution < 1.29 is 80.2 Å². The number of aliphatic hydroxyl groups excluding tert-OH is 1. The highest BCUT2D eigenvalue weighted by Crippen LogP contribution is 2.45. The lowest BCUT2D eigenvalue weighted by Gasteiger charge is -2.21. The Labute approximate surface area is 596 Å². The number of carbonyl (C=O) groups excluding carboxylic acids is 4. The van der Waals surface area contributed by atoms with E-state index >= 15 is 0 Å². The number of carbonyl (C=O) groups is 4. The van der Waals surface area contributed by atoms with Crippen LogP contribution in [0.25, 0.3) is 0 Å². The average molecular weight is 1430 g/mol. The Bertz CT molecular complexity index is 2140. The van der Waals surface area contributed by atoms with Crippen LogP contribution < -0.4 is 0 Å². The summed E-state index contributed by atoms with van der Waals surface area (Å²) in [5.74, 6) is -2.19. The van der Waals surface area contributed by atoms with Gasteiger partial charge < -0.3 is 33.8 Å². The van der Waals surface area contributed by atoms with Crippen molar-refractivity contribution >= 4 is 39.5 Å². The van der Waals surface area contributed by atoms with Gasteiger partial charge in [-0.3, -0.25) is 37.3 Å². The third-order valence-corrected chi connectivity index (χ3v) is 18.6. The van der Waals surface area contributed by atoms with Crippen molar-refractivity contribution in [2.24, 2.45) is 0 Å². The summed E-state index contributed by atoms with van der Waals surface area (Å²) >= 11 is 0. The molecule has 0 aromatic carbocycles. The Morgan fingerprint density at radius 3 is 0.867 bits per heavy atom. The van der Waals surface area contributed by atoms with Crippen LogP contribution in [0.5, 0.6) is 0 Å². The highest BCUT2D eigenvalue weighted by molar-refractivity contribution is 7.47. The van der Waals surface area contributed by atoms with Gasteiger partial charge in [0.05, 0.1) is 26.4 Å². The number of allylic oxidation sites excluding steroid dienone is 12. The zero-order valence-electron chi connectivity index (χ0n) is 62.2. The molecule has 5 unspecified atom stereocenters. The van der Waals surface area contributed by atoms with Gasteiger partial charge in [0.2, 0.25) is 0 Å². The second-order valence-electron chi connectivity index (χ2n) is 26.3. The minimum atomic E-state index is -4.97. The van der Waals surface area contributed by atoms with Crippen molar-refractivity contribution in [3.63, 3.8) is 0 Å². The Hall–Kier alpha value is -3.50. The number of aliphatic hydroxyl groups is 1. The predicted molar refractivity (Wildman–Crippen MR) is 400 cm³/mol. The van der Waals surface area contributed by atoms with Crippen LogP contribution >= 0.6 is 15.6 Å². The molecule has 0 bridgehead atoms. The maximum Gasteiger partial charge on any atom is 0.472 e. The molecule has 0 aliphatic rings. The molecule has 0 saturated carbocycles. The molecule has 0 aromatic rings. The number of phosphoric ester groups is 2. The Morgan fingerprint density at radius 2 is 0.541 bits per heavy atom. The van der Waals surface area contributed by atoms with Crippen molar-refractivity contribution in [3.8, 4) is 0 Å². The third kappa shape index (κ3) is 70.9. The monoisotopic (exact) mass is 1420 g/mol. The molecular weight excluding hydrogens is 1280 g/mol. The number of rotatable bonds is 74. The molecule has 0 aliphatic carbocycles. The maximum atomic E-state index is 13.1. The number of ether oxygens (including phenoxy) is 4. The fourth-order valence-electron chi connectivity index (χ4n) is 10.7. The number of phosphoric acid groups is 2. The van der Waals surface area contributed by atoms with Crippen molar-refractivity contribution in [2.45, 2.75) is 367 Å². The number of unbranched alkanes of at least 4 members (excludes halogenated alkanes) is 36. The van der Waals surface area contributed by atoms with Gasteiger partial charge in [0.25, 0.3) is 0 Å². The molecule has 98 heavy (non-hydrogen) atoms. The van der Waals surface area contributed by atoms with Crippen LogP contribution in [0.2, 0.25) is 0 Å². The molecule has 0 heterocycles. The van der Waals surface area contributed by atoms with Crippen LogP contribution in [-0.4, -0.2) is 96.7 Å². The molecule has 0 radical (unpaired) electrons. The second kappa shape index (κ2) is 71.9. The van der Waals surface area contributed by atoms with E-state index in [2.05, 4.69) is 101 Å². The Morgan fingerprint density at radius 1 is 0.296 bits per heavy atom. The van der Waals surface area contributed by atoms with E-state index in [0.29, 0.717) is 25.7 Å². The summed E-state index contributed by atoms with van der Waals surface area (Å²) in [6.45, 7) is 4.73. The summed E-state index contributed by atoms with van der Waals surface area (Å²) in [4.78, 5) is 72.8. The first kappa shape index (κ1) is 94.5. The maximum absolute atomic E-state index is 13.1. The van der Waals surface area contributed by atoms with E-state index in [9.17, 15) is 43.2 Å². The number of hydrogen-bond donors (Lipinski definition) is 3. The minimum absolute atomic E-state index is 0.0888. The van der Waals surface area contributed by atoms with Gasteiger partial charge in [-0.25, -0.2) is 9.13 Å². The summed E-state index contributed by atoms with van der Waals surface area (Å²) in [7, 11) is -9.94. The molecule has 570 valence electrons. The van der Waals surface area contributed by atoms with Crippen LogP contribution in [0, 0.1) is 0 Å². The third-order valence-electron chi connectivity index (χ3n) is 16.7.